The average Bonchev–Trinajstić information content (AvgIpc) is 2.95. The van der Waals surface area contributed by atoms with Crippen LogP contribution in [-0.4, -0.2) is 10.9 Å². The van der Waals surface area contributed by atoms with Crippen molar-refractivity contribution in [1.82, 2.24) is 4.98 Å². The number of aryl methyl sites for hydroxylation is 2. The second-order valence-electron chi connectivity index (χ2n) is 5.17. The van der Waals surface area contributed by atoms with E-state index in [1.54, 1.807) is 24.3 Å². The van der Waals surface area contributed by atoms with Crippen molar-refractivity contribution in [2.45, 2.75) is 13.8 Å². The number of hydrogen-bond acceptors (Lipinski definition) is 5. The summed E-state index contributed by atoms with van der Waals surface area (Å²) in [5.74, 6) is 5.25. The van der Waals surface area contributed by atoms with E-state index in [2.05, 4.69) is 15.7 Å². The molecule has 0 bridgehead atoms. The Bertz CT molecular complexity index is 889. The number of aromatic nitrogens is 1. The Labute approximate surface area is 142 Å². The summed E-state index contributed by atoms with van der Waals surface area (Å²) in [5.41, 5.74) is 6.70. The molecule has 0 aliphatic rings. The van der Waals surface area contributed by atoms with Gasteiger partial charge >= 0.3 is 0 Å². The minimum atomic E-state index is -0.172. The van der Waals surface area contributed by atoms with Crippen LogP contribution in [0, 0.1) is 13.8 Å². The lowest BCUT2D eigenvalue weighted by atomic mass is 10.1. The third-order valence-electron chi connectivity index (χ3n) is 3.58. The summed E-state index contributed by atoms with van der Waals surface area (Å²) in [4.78, 5) is 16.8. The van der Waals surface area contributed by atoms with E-state index in [9.17, 15) is 4.79 Å². The molecule has 3 aromatic rings. The predicted molar refractivity (Wildman–Crippen MR) is 96.3 cm³/mol. The lowest BCUT2D eigenvalue weighted by molar-refractivity contribution is 0.102. The van der Waals surface area contributed by atoms with Crippen LogP contribution in [0.4, 0.5) is 10.8 Å². The lowest BCUT2D eigenvalue weighted by Crippen LogP contribution is -2.13. The molecule has 2 aromatic carbocycles. The molecule has 23 heavy (non-hydrogen) atoms. The van der Waals surface area contributed by atoms with E-state index in [1.165, 1.54) is 11.3 Å². The monoisotopic (exact) mass is 346 g/mol. The van der Waals surface area contributed by atoms with Gasteiger partial charge in [-0.15, -0.1) is 0 Å². The second kappa shape index (κ2) is 6.16. The molecule has 118 valence electrons. The lowest BCUT2D eigenvalue weighted by Gasteiger charge is -2.12. The van der Waals surface area contributed by atoms with Gasteiger partial charge in [0.25, 0.3) is 5.91 Å². The summed E-state index contributed by atoms with van der Waals surface area (Å²) >= 11 is 7.31. The zero-order chi connectivity index (χ0) is 16.6. The highest BCUT2D eigenvalue weighted by molar-refractivity contribution is 7.22. The third-order valence-corrected chi connectivity index (χ3v) is 4.96. The SMILES string of the molecule is Cc1cc2nc(NN)sc2c(C)c1NC(=O)c1ccc(Cl)cc1. The maximum atomic E-state index is 12.4. The van der Waals surface area contributed by atoms with Crippen LogP contribution in [0.5, 0.6) is 0 Å². The summed E-state index contributed by atoms with van der Waals surface area (Å²) in [5, 5.41) is 4.22. The van der Waals surface area contributed by atoms with Gasteiger partial charge in [0.15, 0.2) is 5.13 Å². The quantitative estimate of drug-likeness (QED) is 0.492. The fourth-order valence-corrected chi connectivity index (χ4v) is 3.41. The normalized spacial score (nSPS) is 10.8. The molecule has 0 atom stereocenters. The first-order valence-corrected chi connectivity index (χ1v) is 8.13. The van der Waals surface area contributed by atoms with Crippen molar-refractivity contribution in [2.24, 2.45) is 5.84 Å². The number of nitrogens with two attached hydrogens (primary N) is 1. The van der Waals surface area contributed by atoms with E-state index in [-0.39, 0.29) is 5.91 Å². The molecular formula is C16H15ClN4OS. The van der Waals surface area contributed by atoms with Crippen molar-refractivity contribution in [3.05, 3.63) is 52.0 Å². The molecule has 0 aliphatic heterocycles. The maximum absolute atomic E-state index is 12.4. The van der Waals surface area contributed by atoms with E-state index >= 15 is 0 Å². The van der Waals surface area contributed by atoms with E-state index in [0.29, 0.717) is 15.7 Å². The summed E-state index contributed by atoms with van der Waals surface area (Å²) in [6, 6.07) is 8.73. The van der Waals surface area contributed by atoms with Crippen molar-refractivity contribution in [1.29, 1.82) is 0 Å². The number of hydrogen-bond donors (Lipinski definition) is 3. The zero-order valence-electron chi connectivity index (χ0n) is 12.6. The zero-order valence-corrected chi connectivity index (χ0v) is 14.2. The van der Waals surface area contributed by atoms with E-state index < -0.39 is 0 Å². The number of rotatable bonds is 3. The Balaban J connectivity index is 1.99. The number of thiazole rings is 1. The largest absolute Gasteiger partial charge is 0.321 e. The molecule has 0 fully saturated rings. The third kappa shape index (κ3) is 3.01. The van der Waals surface area contributed by atoms with Gasteiger partial charge < -0.3 is 5.32 Å². The first kappa shape index (κ1) is 15.7. The molecule has 5 nitrogen and oxygen atoms in total. The van der Waals surface area contributed by atoms with Gasteiger partial charge in [-0.3, -0.25) is 10.2 Å². The predicted octanol–water partition coefficient (Wildman–Crippen LogP) is 4.10. The number of carbonyl (C=O) groups is 1. The first-order valence-electron chi connectivity index (χ1n) is 6.94. The Hall–Kier alpha value is -2.15. The molecule has 1 amide bonds. The maximum Gasteiger partial charge on any atom is 0.255 e. The number of amides is 1. The van der Waals surface area contributed by atoms with Crippen molar-refractivity contribution >= 4 is 49.9 Å². The van der Waals surface area contributed by atoms with Crippen molar-refractivity contribution in [3.63, 3.8) is 0 Å². The minimum Gasteiger partial charge on any atom is -0.321 e. The average molecular weight is 347 g/mol. The smallest absolute Gasteiger partial charge is 0.255 e. The number of fused-ring (bicyclic) bond motifs is 1. The first-order chi connectivity index (χ1) is 11.0. The van der Waals surface area contributed by atoms with Gasteiger partial charge in [0.1, 0.15) is 0 Å². The Kier molecular flexibility index (Phi) is 4.21. The number of nitrogen functional groups attached to an aromatic ring is 1. The van der Waals surface area contributed by atoms with Crippen LogP contribution in [-0.2, 0) is 0 Å². The molecule has 1 aromatic heterocycles. The van der Waals surface area contributed by atoms with Crippen LogP contribution in [0.25, 0.3) is 10.2 Å². The second-order valence-corrected chi connectivity index (χ2v) is 6.60. The van der Waals surface area contributed by atoms with Crippen LogP contribution in [0.15, 0.2) is 30.3 Å². The van der Waals surface area contributed by atoms with Crippen molar-refractivity contribution in [3.8, 4) is 0 Å². The number of halogens is 1. The molecule has 0 spiro atoms. The Morgan fingerprint density at radius 3 is 2.61 bits per heavy atom. The van der Waals surface area contributed by atoms with Gasteiger partial charge in [-0.05, 0) is 55.3 Å². The summed E-state index contributed by atoms with van der Waals surface area (Å²) in [6.45, 7) is 3.91. The van der Waals surface area contributed by atoms with Crippen LogP contribution in [0.2, 0.25) is 5.02 Å². The molecule has 7 heteroatoms. The van der Waals surface area contributed by atoms with E-state index in [0.717, 1.165) is 27.0 Å². The molecule has 3 rings (SSSR count). The van der Waals surface area contributed by atoms with Crippen molar-refractivity contribution < 1.29 is 4.79 Å². The van der Waals surface area contributed by atoms with Gasteiger partial charge in [-0.1, -0.05) is 22.9 Å². The highest BCUT2D eigenvalue weighted by Crippen LogP contribution is 2.35. The van der Waals surface area contributed by atoms with Crippen LogP contribution in [0.3, 0.4) is 0 Å². The number of benzene rings is 2. The number of nitrogens with one attached hydrogen (secondary N) is 2. The van der Waals surface area contributed by atoms with Gasteiger partial charge in [0, 0.05) is 16.3 Å². The van der Waals surface area contributed by atoms with Crippen molar-refractivity contribution in [2.75, 3.05) is 10.7 Å². The molecule has 0 radical (unpaired) electrons. The molecule has 0 unspecified atom stereocenters. The summed E-state index contributed by atoms with van der Waals surface area (Å²) in [7, 11) is 0. The Morgan fingerprint density at radius 2 is 1.96 bits per heavy atom. The fourth-order valence-electron chi connectivity index (χ4n) is 2.43. The van der Waals surface area contributed by atoms with E-state index in [1.807, 2.05) is 19.9 Å². The van der Waals surface area contributed by atoms with Gasteiger partial charge in [0.2, 0.25) is 0 Å². The number of nitrogens with zero attached hydrogens (tertiary/aromatic N) is 1. The molecule has 1 heterocycles. The standard InChI is InChI=1S/C16H15ClN4OS/c1-8-7-12-14(23-16(19-12)21-18)9(2)13(8)20-15(22)10-3-5-11(17)6-4-10/h3-7H,18H2,1-2H3,(H,19,21)(H,20,22). The molecule has 0 saturated heterocycles. The molecule has 0 aliphatic carbocycles. The Morgan fingerprint density at radius 1 is 1.26 bits per heavy atom. The molecular weight excluding hydrogens is 332 g/mol. The highest BCUT2D eigenvalue weighted by atomic mass is 35.5. The van der Waals surface area contributed by atoms with Gasteiger partial charge in [-0.2, -0.15) is 0 Å². The minimum absolute atomic E-state index is 0.172. The van der Waals surface area contributed by atoms with Gasteiger partial charge in [0.05, 0.1) is 10.2 Å². The van der Waals surface area contributed by atoms with Crippen LogP contribution >= 0.6 is 22.9 Å². The summed E-state index contributed by atoms with van der Waals surface area (Å²) < 4.78 is 0.995. The fraction of sp³-hybridized carbons (Fsp3) is 0.125. The van der Waals surface area contributed by atoms with E-state index in [4.69, 9.17) is 17.4 Å². The number of anilines is 2. The molecule has 0 saturated carbocycles. The topological polar surface area (TPSA) is 80.0 Å². The molecule has 4 N–H and O–H groups in total. The highest BCUT2D eigenvalue weighted by Gasteiger charge is 2.15. The number of hydrazine groups is 1. The summed E-state index contributed by atoms with van der Waals surface area (Å²) in [6.07, 6.45) is 0. The van der Waals surface area contributed by atoms with Crippen LogP contribution in [0.1, 0.15) is 21.5 Å². The number of carbonyl (C=O) groups excluding carboxylic acids is 1. The van der Waals surface area contributed by atoms with Crippen LogP contribution < -0.4 is 16.6 Å². The van der Waals surface area contributed by atoms with Gasteiger partial charge in [-0.25, -0.2) is 10.8 Å².